The van der Waals surface area contributed by atoms with Gasteiger partial charge < -0.3 is 19.9 Å². The van der Waals surface area contributed by atoms with Gasteiger partial charge >= 0.3 is 0 Å². The molecule has 1 saturated carbocycles. The molecule has 5 fully saturated rings. The maximum absolute atomic E-state index is 6.35. The molecule has 5 rings (SSSR count). The Labute approximate surface area is 150 Å². The molecule has 25 heavy (non-hydrogen) atoms. The highest BCUT2D eigenvalue weighted by Gasteiger charge is 2.69. The fourth-order valence-electron chi connectivity index (χ4n) is 5.40. The van der Waals surface area contributed by atoms with Crippen molar-refractivity contribution in [3.63, 3.8) is 0 Å². The number of ether oxygens (including phenoxy) is 3. The standard InChI is InChI=1S/C19H33NO5/c1-5-13(20)10-21-16-12(3)15-7-6-11(2)14-8-9-18(4)23-17(22-16)19(14,15)25-24-18/h11-17H,5-10,20H2,1-4H3/t11-,12-,13?,14+,15+,16+,17-,18-,19-/m1/s1. The van der Waals surface area contributed by atoms with Crippen LogP contribution in [0.3, 0.4) is 0 Å². The van der Waals surface area contributed by atoms with Gasteiger partial charge in [0.05, 0.1) is 6.61 Å². The lowest BCUT2D eigenvalue weighted by molar-refractivity contribution is -0.577. The number of hydrogen-bond acceptors (Lipinski definition) is 6. The third-order valence-electron chi connectivity index (χ3n) is 7.10. The minimum Gasteiger partial charge on any atom is -0.351 e. The summed E-state index contributed by atoms with van der Waals surface area (Å²) >= 11 is 0. The van der Waals surface area contributed by atoms with Crippen molar-refractivity contribution in [2.45, 2.75) is 89.8 Å². The van der Waals surface area contributed by atoms with E-state index in [1.807, 2.05) is 6.92 Å². The van der Waals surface area contributed by atoms with Crippen molar-refractivity contribution in [3.05, 3.63) is 0 Å². The Morgan fingerprint density at radius 2 is 1.96 bits per heavy atom. The lowest BCUT2D eigenvalue weighted by Crippen LogP contribution is -2.70. The number of nitrogens with two attached hydrogens (primary N) is 1. The van der Waals surface area contributed by atoms with Crippen molar-refractivity contribution in [2.24, 2.45) is 29.4 Å². The number of hydrogen-bond donors (Lipinski definition) is 1. The van der Waals surface area contributed by atoms with Crippen molar-refractivity contribution in [3.8, 4) is 0 Å². The van der Waals surface area contributed by atoms with E-state index in [1.54, 1.807) is 0 Å². The van der Waals surface area contributed by atoms with Crippen LogP contribution in [0.2, 0.25) is 0 Å². The van der Waals surface area contributed by atoms with Crippen LogP contribution in [-0.4, -0.2) is 36.6 Å². The van der Waals surface area contributed by atoms with E-state index in [0.717, 1.165) is 25.7 Å². The zero-order valence-electron chi connectivity index (χ0n) is 15.9. The predicted octanol–water partition coefficient (Wildman–Crippen LogP) is 2.95. The highest BCUT2D eigenvalue weighted by molar-refractivity contribution is 5.09. The van der Waals surface area contributed by atoms with Crippen molar-refractivity contribution in [1.29, 1.82) is 0 Å². The SMILES string of the molecule is CCC(N)CO[C@H]1O[C@@H]2O[C@@]3(C)CC[C@H]4[C@H](C)CC[C@@H]([C@H]1C)[C@@]24OO3. The predicted molar refractivity (Wildman–Crippen MR) is 91.0 cm³/mol. The van der Waals surface area contributed by atoms with Gasteiger partial charge in [-0.25, -0.2) is 9.78 Å². The van der Waals surface area contributed by atoms with Crippen molar-refractivity contribution in [1.82, 2.24) is 0 Å². The monoisotopic (exact) mass is 355 g/mol. The maximum atomic E-state index is 6.35. The van der Waals surface area contributed by atoms with Crippen LogP contribution < -0.4 is 5.73 Å². The van der Waals surface area contributed by atoms with Gasteiger partial charge in [-0.2, -0.15) is 0 Å². The summed E-state index contributed by atoms with van der Waals surface area (Å²) in [5.41, 5.74) is 5.52. The van der Waals surface area contributed by atoms with Crippen molar-refractivity contribution < 1.29 is 24.0 Å². The van der Waals surface area contributed by atoms with Crippen LogP contribution in [0.5, 0.6) is 0 Å². The Hall–Kier alpha value is -0.240. The summed E-state index contributed by atoms with van der Waals surface area (Å²) in [7, 11) is 0. The molecule has 0 amide bonds. The van der Waals surface area contributed by atoms with Crippen LogP contribution in [0, 0.1) is 23.7 Å². The van der Waals surface area contributed by atoms with Gasteiger partial charge in [-0.05, 0) is 44.4 Å². The van der Waals surface area contributed by atoms with Crippen LogP contribution in [0.4, 0.5) is 0 Å². The van der Waals surface area contributed by atoms with Crippen molar-refractivity contribution >= 4 is 0 Å². The summed E-state index contributed by atoms with van der Waals surface area (Å²) in [4.78, 5) is 11.9. The van der Waals surface area contributed by atoms with Gasteiger partial charge in [0.1, 0.15) is 0 Å². The van der Waals surface area contributed by atoms with Gasteiger partial charge in [-0.1, -0.05) is 20.8 Å². The third-order valence-corrected chi connectivity index (χ3v) is 7.10. The fraction of sp³-hybridized carbons (Fsp3) is 1.00. The summed E-state index contributed by atoms with van der Waals surface area (Å²) in [5.74, 6) is 0.751. The largest absolute Gasteiger partial charge is 0.351 e. The average molecular weight is 355 g/mol. The molecule has 4 aliphatic heterocycles. The molecule has 144 valence electrons. The van der Waals surface area contributed by atoms with Gasteiger partial charge in [0, 0.05) is 24.3 Å². The third kappa shape index (κ3) is 2.77. The molecule has 4 heterocycles. The van der Waals surface area contributed by atoms with Crippen LogP contribution in [-0.2, 0) is 24.0 Å². The van der Waals surface area contributed by atoms with E-state index in [1.165, 1.54) is 6.42 Å². The number of rotatable bonds is 4. The maximum Gasteiger partial charge on any atom is 0.201 e. The quantitative estimate of drug-likeness (QED) is 0.782. The summed E-state index contributed by atoms with van der Waals surface area (Å²) in [6.45, 7) is 9.05. The van der Waals surface area contributed by atoms with E-state index in [2.05, 4.69) is 20.8 Å². The second-order valence-corrected chi connectivity index (χ2v) is 8.78. The Balaban J connectivity index is 1.63. The zero-order chi connectivity index (χ0) is 17.8. The molecule has 1 unspecified atom stereocenters. The van der Waals surface area contributed by atoms with Gasteiger partial charge in [-0.15, -0.1) is 0 Å². The van der Waals surface area contributed by atoms with E-state index in [9.17, 15) is 0 Å². The Morgan fingerprint density at radius 1 is 1.16 bits per heavy atom. The minimum absolute atomic E-state index is 0.0365. The highest BCUT2D eigenvalue weighted by Crippen LogP contribution is 2.60. The first kappa shape index (κ1) is 18.1. The molecule has 0 radical (unpaired) electrons. The molecular weight excluding hydrogens is 322 g/mol. The van der Waals surface area contributed by atoms with Crippen LogP contribution >= 0.6 is 0 Å². The van der Waals surface area contributed by atoms with E-state index in [0.29, 0.717) is 24.4 Å². The number of fused-ring (bicyclic) bond motifs is 2. The molecule has 0 aromatic rings. The molecule has 0 aromatic carbocycles. The second kappa shape index (κ2) is 6.43. The van der Waals surface area contributed by atoms with Crippen molar-refractivity contribution in [2.75, 3.05) is 6.61 Å². The summed E-state index contributed by atoms with van der Waals surface area (Å²) in [6.07, 6.45) is 4.31. The van der Waals surface area contributed by atoms with E-state index in [4.69, 9.17) is 29.7 Å². The second-order valence-electron chi connectivity index (χ2n) is 8.78. The van der Waals surface area contributed by atoms with E-state index < -0.39 is 17.7 Å². The van der Waals surface area contributed by atoms with Gasteiger partial charge in [0.15, 0.2) is 18.2 Å². The average Bonchev–Trinajstić information content (AvgIpc) is 2.82. The fourth-order valence-corrected chi connectivity index (χ4v) is 5.40. The van der Waals surface area contributed by atoms with Crippen LogP contribution in [0.15, 0.2) is 0 Å². The van der Waals surface area contributed by atoms with Gasteiger partial charge in [0.2, 0.25) is 5.79 Å². The topological polar surface area (TPSA) is 72.2 Å². The first-order valence-electron chi connectivity index (χ1n) is 9.97. The Kier molecular flexibility index (Phi) is 4.66. The molecule has 6 nitrogen and oxygen atoms in total. The normalized spacial score (nSPS) is 53.2. The molecule has 0 aromatic heterocycles. The zero-order valence-corrected chi connectivity index (χ0v) is 15.9. The summed E-state index contributed by atoms with van der Waals surface area (Å²) in [6, 6.07) is 0.0365. The molecule has 9 atom stereocenters. The lowest BCUT2D eigenvalue weighted by Gasteiger charge is -2.60. The van der Waals surface area contributed by atoms with Crippen LogP contribution in [0.25, 0.3) is 0 Å². The molecule has 1 spiro atoms. The molecule has 5 aliphatic rings. The molecule has 2 bridgehead atoms. The molecule has 2 N–H and O–H groups in total. The van der Waals surface area contributed by atoms with Gasteiger partial charge in [-0.3, -0.25) is 0 Å². The minimum atomic E-state index is -0.734. The molecule has 4 saturated heterocycles. The lowest BCUT2D eigenvalue weighted by atomic mass is 9.58. The molecule has 1 aliphatic carbocycles. The Bertz CT molecular complexity index is 504. The van der Waals surface area contributed by atoms with Gasteiger partial charge in [0.25, 0.3) is 0 Å². The summed E-state index contributed by atoms with van der Waals surface area (Å²) in [5, 5.41) is 0. The van der Waals surface area contributed by atoms with Crippen LogP contribution in [0.1, 0.15) is 59.8 Å². The first-order valence-corrected chi connectivity index (χ1v) is 9.97. The molecular formula is C19H33NO5. The Morgan fingerprint density at radius 3 is 2.72 bits per heavy atom. The van der Waals surface area contributed by atoms with E-state index >= 15 is 0 Å². The van der Waals surface area contributed by atoms with E-state index in [-0.39, 0.29) is 18.2 Å². The summed E-state index contributed by atoms with van der Waals surface area (Å²) < 4.78 is 18.7. The highest BCUT2D eigenvalue weighted by atomic mass is 17.3. The first-order chi connectivity index (χ1) is 11.9. The molecule has 6 heteroatoms. The smallest absolute Gasteiger partial charge is 0.201 e.